The Balaban J connectivity index is 1.93. The molecular formula is C14H14S2Si. The molecule has 0 nitrogen and oxygen atoms in total. The van der Waals surface area contributed by atoms with Crippen LogP contribution < -0.4 is 0 Å². The highest BCUT2D eigenvalue weighted by atomic mass is 32.6. The molecule has 2 aromatic carbocycles. The Labute approximate surface area is 113 Å². The van der Waals surface area contributed by atoms with Crippen LogP contribution in [0.2, 0.25) is 0 Å². The highest BCUT2D eigenvalue weighted by molar-refractivity contribution is 8.50. The topological polar surface area (TPSA) is 0 Å². The Bertz CT molecular complexity index is 452. The van der Waals surface area contributed by atoms with Crippen LogP contribution in [0.25, 0.3) is 0 Å². The molecule has 2 rings (SSSR count). The number of rotatable bonds is 4. The molecule has 0 amide bonds. The van der Waals surface area contributed by atoms with E-state index in [-0.39, 0.29) is 0 Å². The van der Waals surface area contributed by atoms with Gasteiger partial charge in [-0.1, -0.05) is 36.4 Å². The maximum Gasteiger partial charge on any atom is 0.214 e. The summed E-state index contributed by atoms with van der Waals surface area (Å²) in [4.78, 5) is 2.79. The highest BCUT2D eigenvalue weighted by Gasteiger charge is 2.02. The summed E-state index contributed by atoms with van der Waals surface area (Å²) in [6, 6.07) is 17.2. The quantitative estimate of drug-likeness (QED) is 0.740. The number of benzene rings is 2. The number of hydrogen-bond donors (Lipinski definition) is 0. The van der Waals surface area contributed by atoms with E-state index in [9.17, 15) is 0 Å². The molecule has 0 saturated heterocycles. The van der Waals surface area contributed by atoms with Crippen molar-refractivity contribution in [2.45, 2.75) is 23.6 Å². The minimum Gasteiger partial charge on any atom is -0.140 e. The summed E-state index contributed by atoms with van der Waals surface area (Å²) in [5.74, 6) is 0. The molecule has 17 heavy (non-hydrogen) atoms. The lowest BCUT2D eigenvalue weighted by Gasteiger charge is -2.05. The van der Waals surface area contributed by atoms with E-state index in [4.69, 9.17) is 0 Å². The van der Waals surface area contributed by atoms with Crippen LogP contribution in [0.1, 0.15) is 11.1 Å². The monoisotopic (exact) mass is 274 g/mol. The molecule has 0 spiro atoms. The second kappa shape index (κ2) is 6.33. The van der Waals surface area contributed by atoms with Gasteiger partial charge in [0.25, 0.3) is 0 Å². The Kier molecular flexibility index (Phi) is 4.77. The standard InChI is InChI=1S/C14H14S2Si/c1-11-7-3-5-9-13(11)15-17-16-14-10-6-4-8-12(14)2/h3-10H,1-2H3. The summed E-state index contributed by atoms with van der Waals surface area (Å²) in [5, 5.41) is 0. The third-order valence-electron chi connectivity index (χ3n) is 2.49. The first-order chi connectivity index (χ1) is 8.27. The maximum atomic E-state index is 2.20. The van der Waals surface area contributed by atoms with Gasteiger partial charge < -0.3 is 0 Å². The third-order valence-corrected chi connectivity index (χ3v) is 7.33. The fourth-order valence-electron chi connectivity index (χ4n) is 1.45. The van der Waals surface area contributed by atoms with Crippen LogP contribution in [0, 0.1) is 13.8 Å². The zero-order valence-corrected chi connectivity index (χ0v) is 12.6. The van der Waals surface area contributed by atoms with Crippen LogP contribution in [-0.4, -0.2) is 7.82 Å². The molecule has 3 heteroatoms. The van der Waals surface area contributed by atoms with E-state index in [1.807, 2.05) is 22.4 Å². The number of hydrogen-bond acceptors (Lipinski definition) is 2. The van der Waals surface area contributed by atoms with Gasteiger partial charge >= 0.3 is 0 Å². The van der Waals surface area contributed by atoms with Crippen LogP contribution in [0.3, 0.4) is 0 Å². The van der Waals surface area contributed by atoms with Crippen molar-refractivity contribution in [1.29, 1.82) is 0 Å². The van der Waals surface area contributed by atoms with Crippen molar-refractivity contribution in [3.63, 3.8) is 0 Å². The van der Waals surface area contributed by atoms with Gasteiger partial charge in [0.2, 0.25) is 7.82 Å². The molecule has 0 saturated carbocycles. The van der Waals surface area contributed by atoms with E-state index < -0.39 is 0 Å². The summed E-state index contributed by atoms with van der Waals surface area (Å²) < 4.78 is 0. The predicted octanol–water partition coefficient (Wildman–Crippen LogP) is 4.72. The molecule has 0 unspecified atom stereocenters. The Morgan fingerprint density at radius 3 is 1.53 bits per heavy atom. The number of aryl methyl sites for hydroxylation is 2. The molecule has 0 N–H and O–H groups in total. The molecule has 0 aliphatic rings. The van der Waals surface area contributed by atoms with Crippen LogP contribution in [-0.2, 0) is 0 Å². The molecule has 0 aromatic heterocycles. The van der Waals surface area contributed by atoms with E-state index in [0.29, 0.717) is 0 Å². The van der Waals surface area contributed by atoms with Gasteiger partial charge in [-0.3, -0.25) is 0 Å². The SMILES string of the molecule is Cc1ccccc1S[Si]Sc1ccccc1C. The smallest absolute Gasteiger partial charge is 0.140 e. The van der Waals surface area contributed by atoms with Gasteiger partial charge in [-0.15, -0.1) is 22.4 Å². The normalized spacial score (nSPS) is 10.5. The van der Waals surface area contributed by atoms with Gasteiger partial charge in [-0.05, 0) is 37.1 Å². The minimum absolute atomic E-state index is 0.813. The van der Waals surface area contributed by atoms with Crippen molar-refractivity contribution in [2.24, 2.45) is 0 Å². The van der Waals surface area contributed by atoms with Gasteiger partial charge in [0.1, 0.15) is 0 Å². The molecule has 0 atom stereocenters. The first-order valence-corrected chi connectivity index (χ1v) is 9.55. The van der Waals surface area contributed by atoms with Crippen molar-refractivity contribution in [3.8, 4) is 0 Å². The van der Waals surface area contributed by atoms with Gasteiger partial charge in [-0.2, -0.15) is 0 Å². The lowest BCUT2D eigenvalue weighted by molar-refractivity contribution is 1.31. The van der Waals surface area contributed by atoms with Crippen molar-refractivity contribution in [3.05, 3.63) is 59.7 Å². The summed E-state index contributed by atoms with van der Waals surface area (Å²) >= 11 is 3.88. The lowest BCUT2D eigenvalue weighted by atomic mass is 10.2. The van der Waals surface area contributed by atoms with E-state index in [1.165, 1.54) is 20.9 Å². The van der Waals surface area contributed by atoms with Gasteiger partial charge in [0.15, 0.2) is 0 Å². The summed E-state index contributed by atoms with van der Waals surface area (Å²) in [7, 11) is 0.813. The van der Waals surface area contributed by atoms with Crippen molar-refractivity contribution in [2.75, 3.05) is 0 Å². The first-order valence-electron chi connectivity index (χ1n) is 5.47. The van der Waals surface area contributed by atoms with Crippen LogP contribution in [0.5, 0.6) is 0 Å². The average molecular weight is 274 g/mol. The lowest BCUT2D eigenvalue weighted by Crippen LogP contribution is -1.84. The van der Waals surface area contributed by atoms with Gasteiger partial charge in [0, 0.05) is 9.79 Å². The molecule has 0 heterocycles. The fourth-order valence-corrected chi connectivity index (χ4v) is 6.45. The van der Waals surface area contributed by atoms with Crippen LogP contribution in [0.4, 0.5) is 0 Å². The fraction of sp³-hybridized carbons (Fsp3) is 0.143. The maximum absolute atomic E-state index is 2.20. The molecule has 0 aliphatic heterocycles. The Morgan fingerprint density at radius 2 is 1.12 bits per heavy atom. The predicted molar refractivity (Wildman–Crippen MR) is 79.8 cm³/mol. The molecule has 2 radical (unpaired) electrons. The zero-order valence-electron chi connectivity index (χ0n) is 9.94. The highest BCUT2D eigenvalue weighted by Crippen LogP contribution is 2.28. The van der Waals surface area contributed by atoms with E-state index >= 15 is 0 Å². The molecule has 0 fully saturated rings. The van der Waals surface area contributed by atoms with Crippen LogP contribution >= 0.6 is 22.4 Å². The van der Waals surface area contributed by atoms with Gasteiger partial charge in [-0.25, -0.2) is 0 Å². The van der Waals surface area contributed by atoms with Crippen LogP contribution in [0.15, 0.2) is 58.3 Å². The average Bonchev–Trinajstić information content (AvgIpc) is 2.34. The summed E-state index contributed by atoms with van der Waals surface area (Å²) in [5.41, 5.74) is 2.74. The molecule has 86 valence electrons. The van der Waals surface area contributed by atoms with Crippen molar-refractivity contribution in [1.82, 2.24) is 0 Å². The molecule has 0 aliphatic carbocycles. The third kappa shape index (κ3) is 3.66. The van der Waals surface area contributed by atoms with E-state index in [1.54, 1.807) is 0 Å². The molecule has 0 bridgehead atoms. The second-order valence-corrected chi connectivity index (χ2v) is 8.50. The summed E-state index contributed by atoms with van der Waals surface area (Å²) in [6.07, 6.45) is 0. The second-order valence-electron chi connectivity index (χ2n) is 3.82. The zero-order chi connectivity index (χ0) is 12.1. The largest absolute Gasteiger partial charge is 0.214 e. The molecule has 2 aromatic rings. The minimum atomic E-state index is 0.813. The Morgan fingerprint density at radius 1 is 0.706 bits per heavy atom. The summed E-state index contributed by atoms with van der Waals surface area (Å²) in [6.45, 7) is 4.34. The van der Waals surface area contributed by atoms with Crippen molar-refractivity contribution >= 4 is 30.2 Å². The van der Waals surface area contributed by atoms with E-state index in [0.717, 1.165) is 7.82 Å². The first kappa shape index (κ1) is 12.8. The van der Waals surface area contributed by atoms with Crippen molar-refractivity contribution < 1.29 is 0 Å². The Hall–Kier alpha value is -0.643. The molecular weight excluding hydrogens is 260 g/mol. The van der Waals surface area contributed by atoms with Gasteiger partial charge in [0.05, 0.1) is 0 Å². The van der Waals surface area contributed by atoms with E-state index in [2.05, 4.69) is 62.4 Å².